The number of aromatic nitrogens is 2. The molecule has 0 aliphatic rings. The summed E-state index contributed by atoms with van der Waals surface area (Å²) in [5, 5.41) is 6.08. The zero-order valence-electron chi connectivity index (χ0n) is 15.6. The van der Waals surface area contributed by atoms with Gasteiger partial charge in [0, 0.05) is 29.2 Å². The number of carbonyl (C=O) groups is 2. The number of rotatable bonds is 5. The normalized spacial score (nSPS) is 10.9. The number of thiophene rings is 1. The van der Waals surface area contributed by atoms with Crippen LogP contribution in [0.2, 0.25) is 0 Å². The first-order chi connectivity index (χ1) is 13.3. The molecular weight excluding hydrogens is 444 g/mol. The Morgan fingerprint density at radius 3 is 2.68 bits per heavy atom. The van der Waals surface area contributed by atoms with E-state index in [0.29, 0.717) is 16.8 Å². The second-order valence-electron chi connectivity index (χ2n) is 6.38. The van der Waals surface area contributed by atoms with Crippen LogP contribution >= 0.6 is 27.3 Å². The molecule has 0 bridgehead atoms. The van der Waals surface area contributed by atoms with Gasteiger partial charge in [-0.1, -0.05) is 15.9 Å². The van der Waals surface area contributed by atoms with Gasteiger partial charge >= 0.3 is 0 Å². The molecule has 0 aliphatic carbocycles. The average molecular weight is 463 g/mol. The Balaban J connectivity index is 1.75. The molecule has 2 heterocycles. The van der Waals surface area contributed by atoms with Crippen molar-refractivity contribution in [1.29, 1.82) is 0 Å². The lowest BCUT2D eigenvalue weighted by Crippen LogP contribution is -2.24. The van der Waals surface area contributed by atoms with E-state index >= 15 is 0 Å². The van der Waals surface area contributed by atoms with Crippen molar-refractivity contribution in [2.75, 3.05) is 10.6 Å². The molecule has 2 amide bonds. The minimum Gasteiger partial charge on any atom is -0.325 e. The zero-order valence-corrected chi connectivity index (χ0v) is 18.0. The van der Waals surface area contributed by atoms with E-state index in [0.717, 1.165) is 19.7 Å². The second-order valence-corrected chi connectivity index (χ2v) is 8.49. The molecule has 0 spiro atoms. The number of amides is 2. The first-order valence-corrected chi connectivity index (χ1v) is 10.2. The fourth-order valence-corrected chi connectivity index (χ4v) is 4.13. The van der Waals surface area contributed by atoms with Gasteiger partial charge in [0.2, 0.25) is 11.8 Å². The van der Waals surface area contributed by atoms with Crippen molar-refractivity contribution in [1.82, 2.24) is 9.55 Å². The Hall–Kier alpha value is -2.52. The third-order valence-corrected chi connectivity index (χ3v) is 5.91. The lowest BCUT2D eigenvalue weighted by Gasteiger charge is -2.12. The molecular formula is C19H19BrN4O3S. The highest BCUT2D eigenvalue weighted by atomic mass is 79.9. The van der Waals surface area contributed by atoms with Crippen molar-refractivity contribution >= 4 is 60.7 Å². The van der Waals surface area contributed by atoms with E-state index in [1.165, 1.54) is 29.2 Å². The number of nitrogens with one attached hydrogen (secondary N) is 2. The number of carbonyl (C=O) groups excluding carboxylic acids is 2. The molecule has 1 aromatic carbocycles. The number of hydrogen-bond donors (Lipinski definition) is 2. The molecule has 0 saturated carbocycles. The molecule has 0 atom stereocenters. The van der Waals surface area contributed by atoms with E-state index in [-0.39, 0.29) is 30.3 Å². The molecule has 2 N–H and O–H groups in total. The van der Waals surface area contributed by atoms with Gasteiger partial charge in [0.25, 0.3) is 5.56 Å². The smallest absolute Gasteiger partial charge is 0.262 e. The molecule has 0 fully saturated rings. The molecule has 146 valence electrons. The predicted octanol–water partition coefficient (Wildman–Crippen LogP) is 3.82. The van der Waals surface area contributed by atoms with Crippen LogP contribution in [0, 0.1) is 13.8 Å². The Labute approximate surface area is 173 Å². The van der Waals surface area contributed by atoms with E-state index in [1.54, 1.807) is 18.2 Å². The van der Waals surface area contributed by atoms with Crippen LogP contribution in [0.25, 0.3) is 10.2 Å². The van der Waals surface area contributed by atoms with Crippen LogP contribution in [0.15, 0.2) is 33.8 Å². The van der Waals surface area contributed by atoms with E-state index in [1.807, 2.05) is 13.8 Å². The van der Waals surface area contributed by atoms with Gasteiger partial charge in [0.05, 0.1) is 23.1 Å². The Bertz CT molecular complexity index is 1140. The van der Waals surface area contributed by atoms with Crippen molar-refractivity contribution in [3.05, 3.63) is 49.8 Å². The first kappa shape index (κ1) is 20.2. The maximum Gasteiger partial charge on any atom is 0.262 e. The zero-order chi connectivity index (χ0) is 20.4. The fraction of sp³-hybridized carbons (Fsp3) is 0.263. The molecule has 0 radical (unpaired) electrons. The van der Waals surface area contributed by atoms with Crippen molar-refractivity contribution in [2.45, 2.75) is 33.7 Å². The van der Waals surface area contributed by atoms with Crippen LogP contribution in [0.4, 0.5) is 11.4 Å². The number of benzene rings is 1. The van der Waals surface area contributed by atoms with E-state index < -0.39 is 0 Å². The minimum atomic E-state index is -0.269. The highest BCUT2D eigenvalue weighted by molar-refractivity contribution is 9.10. The van der Waals surface area contributed by atoms with Crippen LogP contribution in [0.5, 0.6) is 0 Å². The summed E-state index contributed by atoms with van der Waals surface area (Å²) in [4.78, 5) is 42.6. The minimum absolute atomic E-state index is 0.0985. The SMILES string of the molecule is CC(=O)Nc1ccc(Br)cc1NC(=O)CCn1cnc2sc(C)c(C)c2c1=O. The number of nitrogens with zero attached hydrogens (tertiary/aromatic N) is 2. The summed E-state index contributed by atoms with van der Waals surface area (Å²) in [7, 11) is 0. The molecule has 3 aromatic rings. The van der Waals surface area contributed by atoms with Crippen LogP contribution in [-0.2, 0) is 16.1 Å². The van der Waals surface area contributed by atoms with Gasteiger partial charge in [-0.05, 0) is 37.6 Å². The maximum absolute atomic E-state index is 12.7. The molecule has 28 heavy (non-hydrogen) atoms. The predicted molar refractivity (Wildman–Crippen MR) is 115 cm³/mol. The largest absolute Gasteiger partial charge is 0.325 e. The Kier molecular flexibility index (Phi) is 5.95. The van der Waals surface area contributed by atoms with Crippen LogP contribution in [0.3, 0.4) is 0 Å². The van der Waals surface area contributed by atoms with E-state index in [9.17, 15) is 14.4 Å². The Morgan fingerprint density at radius 1 is 1.21 bits per heavy atom. The maximum atomic E-state index is 12.7. The van der Waals surface area contributed by atoms with Crippen LogP contribution < -0.4 is 16.2 Å². The van der Waals surface area contributed by atoms with Crippen molar-refractivity contribution in [3.8, 4) is 0 Å². The topological polar surface area (TPSA) is 93.1 Å². The highest BCUT2D eigenvalue weighted by Gasteiger charge is 2.13. The van der Waals surface area contributed by atoms with Gasteiger partial charge in [-0.15, -0.1) is 11.3 Å². The van der Waals surface area contributed by atoms with Crippen LogP contribution in [-0.4, -0.2) is 21.4 Å². The first-order valence-electron chi connectivity index (χ1n) is 8.58. The summed E-state index contributed by atoms with van der Waals surface area (Å²) in [6.45, 7) is 5.48. The van der Waals surface area contributed by atoms with Gasteiger partial charge in [-0.2, -0.15) is 0 Å². The molecule has 9 heteroatoms. The standard InChI is InChI=1S/C19H19BrN4O3S/c1-10-11(2)28-18-17(10)19(27)24(9-21-18)7-6-16(26)23-15-8-13(20)4-5-14(15)22-12(3)25/h4-5,8-9H,6-7H2,1-3H3,(H,22,25)(H,23,26). The van der Waals surface area contributed by atoms with Gasteiger partial charge in [0.1, 0.15) is 4.83 Å². The van der Waals surface area contributed by atoms with E-state index in [2.05, 4.69) is 31.5 Å². The lowest BCUT2D eigenvalue weighted by molar-refractivity contribution is -0.116. The van der Waals surface area contributed by atoms with Gasteiger partial charge in [-0.3, -0.25) is 19.0 Å². The third-order valence-electron chi connectivity index (χ3n) is 4.30. The summed E-state index contributed by atoms with van der Waals surface area (Å²) in [5.74, 6) is -0.500. The Morgan fingerprint density at radius 2 is 1.96 bits per heavy atom. The molecule has 3 rings (SSSR count). The third kappa shape index (κ3) is 4.31. The number of hydrogen-bond acceptors (Lipinski definition) is 5. The summed E-state index contributed by atoms with van der Waals surface area (Å²) in [6.07, 6.45) is 1.58. The number of aryl methyl sites for hydroxylation is 3. The van der Waals surface area contributed by atoms with Crippen molar-refractivity contribution in [2.24, 2.45) is 0 Å². The summed E-state index contributed by atoms with van der Waals surface area (Å²) in [6, 6.07) is 5.18. The van der Waals surface area contributed by atoms with Crippen LogP contribution in [0.1, 0.15) is 23.8 Å². The lowest BCUT2D eigenvalue weighted by atomic mass is 10.2. The van der Waals surface area contributed by atoms with Gasteiger partial charge < -0.3 is 10.6 Å². The van der Waals surface area contributed by atoms with Gasteiger partial charge in [0.15, 0.2) is 0 Å². The number of fused-ring (bicyclic) bond motifs is 1. The molecule has 0 saturated heterocycles. The van der Waals surface area contributed by atoms with Crippen molar-refractivity contribution in [3.63, 3.8) is 0 Å². The summed E-state index contributed by atoms with van der Waals surface area (Å²) >= 11 is 4.85. The van der Waals surface area contributed by atoms with Gasteiger partial charge in [-0.25, -0.2) is 4.98 Å². The number of halogens is 1. The fourth-order valence-electron chi connectivity index (χ4n) is 2.78. The monoisotopic (exact) mass is 462 g/mol. The molecule has 0 unspecified atom stereocenters. The van der Waals surface area contributed by atoms with Crippen molar-refractivity contribution < 1.29 is 9.59 Å². The molecule has 7 nitrogen and oxygen atoms in total. The average Bonchev–Trinajstić information content (AvgIpc) is 2.91. The second kappa shape index (κ2) is 8.24. The summed E-state index contributed by atoms with van der Waals surface area (Å²) < 4.78 is 2.22. The molecule has 2 aromatic heterocycles. The van der Waals surface area contributed by atoms with E-state index in [4.69, 9.17) is 0 Å². The quantitative estimate of drug-likeness (QED) is 0.602. The highest BCUT2D eigenvalue weighted by Crippen LogP contribution is 2.27. The number of anilines is 2. The summed E-state index contributed by atoms with van der Waals surface area (Å²) in [5.41, 5.74) is 1.79. The molecule has 0 aliphatic heterocycles.